The van der Waals surface area contributed by atoms with Crippen molar-refractivity contribution in [2.75, 3.05) is 13.1 Å². The van der Waals surface area contributed by atoms with Gasteiger partial charge in [-0.1, -0.05) is 25.9 Å². The Labute approximate surface area is 97.3 Å². The number of nitrogens with zero attached hydrogens (tertiary/aromatic N) is 2. The van der Waals surface area contributed by atoms with E-state index in [9.17, 15) is 4.79 Å². The molecule has 0 heterocycles. The quantitative estimate of drug-likeness (QED) is 0.311. The summed E-state index contributed by atoms with van der Waals surface area (Å²) in [6.45, 7) is 8.81. The predicted molar refractivity (Wildman–Crippen MR) is 64.3 cm³/mol. The molecule has 0 aromatic carbocycles. The third-order valence-electron chi connectivity index (χ3n) is 2.84. The molecule has 2 atom stereocenters. The zero-order chi connectivity index (χ0) is 12.7. The van der Waals surface area contributed by atoms with E-state index in [-0.39, 0.29) is 23.6 Å². The highest BCUT2D eigenvalue weighted by Gasteiger charge is 2.20. The molecule has 0 spiro atoms. The van der Waals surface area contributed by atoms with Gasteiger partial charge in [-0.15, -0.1) is 0 Å². The minimum atomic E-state index is -0.127. The Hall–Kier alpha value is -1.26. The second-order valence-electron chi connectivity index (χ2n) is 4.11. The summed E-state index contributed by atoms with van der Waals surface area (Å²) in [7, 11) is 0. The van der Waals surface area contributed by atoms with Crippen LogP contribution in [-0.2, 0) is 4.79 Å². The van der Waals surface area contributed by atoms with Gasteiger partial charge in [0.05, 0.1) is 0 Å². The molecule has 0 fully saturated rings. The first-order chi connectivity index (χ1) is 7.47. The topological polar surface area (TPSA) is 78.9 Å². The Balaban J connectivity index is 4.46. The molecule has 0 saturated carbocycles. The van der Waals surface area contributed by atoms with Gasteiger partial charge in [0, 0.05) is 24.9 Å². The molecule has 0 aromatic rings. The number of amidine groups is 1. The summed E-state index contributed by atoms with van der Waals surface area (Å²) in [6, 6.07) is 0. The monoisotopic (exact) mass is 229 g/mol. The highest BCUT2D eigenvalue weighted by molar-refractivity contribution is 5.83. The van der Waals surface area contributed by atoms with Crippen molar-refractivity contribution in [2.24, 2.45) is 22.7 Å². The largest absolute Gasteiger partial charge is 0.409 e. The van der Waals surface area contributed by atoms with E-state index in [0.29, 0.717) is 13.1 Å². The molecule has 94 valence electrons. The van der Waals surface area contributed by atoms with Crippen molar-refractivity contribution in [2.45, 2.75) is 34.1 Å². The maximum absolute atomic E-state index is 11.9. The first-order valence-corrected chi connectivity index (χ1v) is 5.74. The number of amides is 1. The molecule has 0 aliphatic heterocycles. The Morgan fingerprint density at radius 2 is 1.94 bits per heavy atom. The summed E-state index contributed by atoms with van der Waals surface area (Å²) >= 11 is 0. The third-order valence-corrected chi connectivity index (χ3v) is 2.84. The number of hydrogen-bond donors (Lipinski definition) is 2. The standard InChI is InChI=1S/C11H23N3O2/c1-5-8(3)11(15)14(6-2)7-9(4)10(12)13-16/h8-9,16H,5-7H2,1-4H3,(H2,12,13). The summed E-state index contributed by atoms with van der Waals surface area (Å²) in [5.74, 6) is 0.190. The van der Waals surface area contributed by atoms with Crippen LogP contribution in [0.3, 0.4) is 0 Å². The number of carbonyl (C=O) groups excluding carboxylic acids is 1. The van der Waals surface area contributed by atoms with Gasteiger partial charge in [-0.3, -0.25) is 4.79 Å². The van der Waals surface area contributed by atoms with Crippen molar-refractivity contribution in [3.05, 3.63) is 0 Å². The summed E-state index contributed by atoms with van der Waals surface area (Å²) in [4.78, 5) is 13.7. The Morgan fingerprint density at radius 1 is 1.38 bits per heavy atom. The summed E-state index contributed by atoms with van der Waals surface area (Å²) in [6.07, 6.45) is 0.827. The molecule has 16 heavy (non-hydrogen) atoms. The number of oxime groups is 1. The van der Waals surface area contributed by atoms with E-state index in [2.05, 4.69) is 5.16 Å². The van der Waals surface area contributed by atoms with Crippen LogP contribution in [0.5, 0.6) is 0 Å². The maximum Gasteiger partial charge on any atom is 0.225 e. The fourth-order valence-electron chi connectivity index (χ4n) is 1.38. The van der Waals surface area contributed by atoms with Gasteiger partial charge >= 0.3 is 0 Å². The highest BCUT2D eigenvalue weighted by Crippen LogP contribution is 2.09. The van der Waals surface area contributed by atoms with Crippen molar-refractivity contribution in [1.82, 2.24) is 4.90 Å². The predicted octanol–water partition coefficient (Wildman–Crippen LogP) is 1.26. The van der Waals surface area contributed by atoms with Crippen molar-refractivity contribution < 1.29 is 10.0 Å². The van der Waals surface area contributed by atoms with E-state index in [1.54, 1.807) is 4.90 Å². The average molecular weight is 229 g/mol. The fourth-order valence-corrected chi connectivity index (χ4v) is 1.38. The van der Waals surface area contributed by atoms with Gasteiger partial charge in [-0.2, -0.15) is 0 Å². The molecule has 5 heteroatoms. The van der Waals surface area contributed by atoms with Crippen LogP contribution < -0.4 is 5.73 Å². The van der Waals surface area contributed by atoms with Crippen LogP contribution in [0.25, 0.3) is 0 Å². The molecule has 0 aromatic heterocycles. The lowest BCUT2D eigenvalue weighted by Gasteiger charge is -2.26. The molecule has 0 rings (SSSR count). The first-order valence-electron chi connectivity index (χ1n) is 5.74. The molecular weight excluding hydrogens is 206 g/mol. The van der Waals surface area contributed by atoms with Gasteiger partial charge in [0.2, 0.25) is 5.91 Å². The minimum absolute atomic E-state index is 0.0273. The van der Waals surface area contributed by atoms with E-state index in [0.717, 1.165) is 6.42 Å². The van der Waals surface area contributed by atoms with E-state index in [4.69, 9.17) is 10.9 Å². The molecule has 0 radical (unpaired) electrons. The Morgan fingerprint density at radius 3 is 2.31 bits per heavy atom. The van der Waals surface area contributed by atoms with Crippen LogP contribution in [0.15, 0.2) is 5.16 Å². The number of nitrogens with two attached hydrogens (primary N) is 1. The van der Waals surface area contributed by atoms with Gasteiger partial charge in [0.15, 0.2) is 0 Å². The van der Waals surface area contributed by atoms with Gasteiger partial charge in [-0.25, -0.2) is 0 Å². The number of rotatable bonds is 6. The zero-order valence-electron chi connectivity index (χ0n) is 10.6. The molecule has 5 nitrogen and oxygen atoms in total. The molecule has 0 aliphatic rings. The van der Waals surface area contributed by atoms with Crippen LogP contribution in [0.1, 0.15) is 34.1 Å². The van der Waals surface area contributed by atoms with E-state index in [1.807, 2.05) is 27.7 Å². The van der Waals surface area contributed by atoms with Crippen molar-refractivity contribution in [1.29, 1.82) is 0 Å². The SMILES string of the molecule is CCC(C)C(=O)N(CC)CC(C)C(N)=NO. The van der Waals surface area contributed by atoms with Gasteiger partial charge in [0.25, 0.3) is 0 Å². The molecule has 0 bridgehead atoms. The van der Waals surface area contributed by atoms with Crippen LogP contribution in [0.4, 0.5) is 0 Å². The second-order valence-corrected chi connectivity index (χ2v) is 4.11. The number of carbonyl (C=O) groups is 1. The minimum Gasteiger partial charge on any atom is -0.409 e. The summed E-state index contributed by atoms with van der Waals surface area (Å²) < 4.78 is 0. The lowest BCUT2D eigenvalue weighted by molar-refractivity contribution is -0.135. The van der Waals surface area contributed by atoms with Crippen molar-refractivity contribution in [3.63, 3.8) is 0 Å². The second kappa shape index (κ2) is 7.09. The normalized spacial score (nSPS) is 15.6. The number of hydrogen-bond acceptors (Lipinski definition) is 3. The molecule has 2 unspecified atom stereocenters. The molecule has 3 N–H and O–H groups in total. The van der Waals surface area contributed by atoms with E-state index in [1.165, 1.54) is 0 Å². The van der Waals surface area contributed by atoms with E-state index < -0.39 is 0 Å². The van der Waals surface area contributed by atoms with Crippen LogP contribution in [0, 0.1) is 11.8 Å². The van der Waals surface area contributed by atoms with Crippen LogP contribution >= 0.6 is 0 Å². The van der Waals surface area contributed by atoms with E-state index >= 15 is 0 Å². The highest BCUT2D eigenvalue weighted by atomic mass is 16.4. The summed E-state index contributed by atoms with van der Waals surface area (Å²) in [5, 5.41) is 11.5. The zero-order valence-corrected chi connectivity index (χ0v) is 10.6. The first kappa shape index (κ1) is 14.7. The Bertz CT molecular complexity index is 254. The maximum atomic E-state index is 11.9. The molecule has 0 saturated heterocycles. The van der Waals surface area contributed by atoms with Crippen molar-refractivity contribution >= 4 is 11.7 Å². The Kier molecular flexibility index (Phi) is 6.53. The third kappa shape index (κ3) is 4.08. The average Bonchev–Trinajstić information content (AvgIpc) is 2.32. The van der Waals surface area contributed by atoms with Crippen LogP contribution in [0.2, 0.25) is 0 Å². The van der Waals surface area contributed by atoms with Gasteiger partial charge in [0.1, 0.15) is 5.84 Å². The van der Waals surface area contributed by atoms with Gasteiger partial charge < -0.3 is 15.8 Å². The fraction of sp³-hybridized carbons (Fsp3) is 0.818. The lowest BCUT2D eigenvalue weighted by Crippen LogP contribution is -2.41. The van der Waals surface area contributed by atoms with Crippen LogP contribution in [-0.4, -0.2) is 34.9 Å². The molecule has 1 amide bonds. The summed E-state index contributed by atoms with van der Waals surface area (Å²) in [5.41, 5.74) is 5.49. The molecular formula is C11H23N3O2. The smallest absolute Gasteiger partial charge is 0.225 e. The van der Waals surface area contributed by atoms with Crippen molar-refractivity contribution in [3.8, 4) is 0 Å². The molecule has 0 aliphatic carbocycles. The lowest BCUT2D eigenvalue weighted by atomic mass is 10.1. The van der Waals surface area contributed by atoms with Gasteiger partial charge in [-0.05, 0) is 13.3 Å².